The van der Waals surface area contributed by atoms with Crippen LogP contribution >= 0.6 is 0 Å². The largest absolute Gasteiger partial charge is 0.503 e. The van der Waals surface area contributed by atoms with Crippen LogP contribution in [0.1, 0.15) is 37.9 Å². The molecule has 0 fully saturated rings. The number of hydrogen-bond donors (Lipinski definition) is 1. The van der Waals surface area contributed by atoms with Crippen LogP contribution in [0.5, 0.6) is 5.75 Å². The van der Waals surface area contributed by atoms with Crippen molar-refractivity contribution in [2.45, 2.75) is 33.7 Å². The third-order valence-electron chi connectivity index (χ3n) is 4.78. The summed E-state index contributed by atoms with van der Waals surface area (Å²) in [7, 11) is 0. The van der Waals surface area contributed by atoms with Gasteiger partial charge in [0.05, 0.1) is 18.2 Å². The topological polar surface area (TPSA) is 66.8 Å². The van der Waals surface area contributed by atoms with Crippen molar-refractivity contribution < 1.29 is 19.4 Å². The van der Waals surface area contributed by atoms with Gasteiger partial charge in [0.25, 0.3) is 5.91 Å². The van der Waals surface area contributed by atoms with E-state index in [1.54, 1.807) is 38.1 Å². The van der Waals surface area contributed by atoms with Crippen molar-refractivity contribution in [1.29, 1.82) is 0 Å². The van der Waals surface area contributed by atoms with Gasteiger partial charge in [0, 0.05) is 11.6 Å². The lowest BCUT2D eigenvalue weighted by molar-refractivity contribution is -0.119. The molecule has 0 saturated carbocycles. The molecule has 5 nitrogen and oxygen atoms in total. The molecule has 1 N–H and O–H groups in total. The van der Waals surface area contributed by atoms with E-state index in [0.717, 1.165) is 11.1 Å². The Bertz CT molecular complexity index is 928. The van der Waals surface area contributed by atoms with Crippen LogP contribution in [-0.4, -0.2) is 23.4 Å². The zero-order chi connectivity index (χ0) is 20.4. The molecule has 2 aromatic rings. The molecule has 1 heterocycles. The first kappa shape index (κ1) is 19.7. The number of aliphatic hydroxyl groups excluding tert-OH is 1. The number of amides is 1. The fourth-order valence-electron chi connectivity index (χ4n) is 3.46. The van der Waals surface area contributed by atoms with E-state index in [0.29, 0.717) is 18.0 Å². The predicted octanol–water partition coefficient (Wildman–Crippen LogP) is 4.52. The molecule has 5 heteroatoms. The molecule has 1 amide bonds. The lowest BCUT2D eigenvalue weighted by Crippen LogP contribution is -2.31. The molecule has 0 radical (unpaired) electrons. The lowest BCUT2D eigenvalue weighted by Gasteiger charge is -2.27. The van der Waals surface area contributed by atoms with E-state index in [1.165, 1.54) is 4.90 Å². The molecule has 0 bridgehead atoms. The van der Waals surface area contributed by atoms with E-state index in [2.05, 4.69) is 0 Å². The second-order valence-corrected chi connectivity index (χ2v) is 7.20. The van der Waals surface area contributed by atoms with E-state index in [4.69, 9.17) is 4.74 Å². The van der Waals surface area contributed by atoms with Gasteiger partial charge in [-0.2, -0.15) is 0 Å². The summed E-state index contributed by atoms with van der Waals surface area (Å²) in [5, 5.41) is 10.6. The number of anilines is 1. The highest BCUT2D eigenvalue weighted by Gasteiger charge is 2.44. The highest BCUT2D eigenvalue weighted by atomic mass is 16.5. The van der Waals surface area contributed by atoms with Crippen LogP contribution in [0, 0.1) is 12.8 Å². The number of carbonyl (C=O) groups is 2. The molecule has 0 aromatic heterocycles. The standard InChI is InChI=1S/C23H25NO4/c1-5-28-18-11-9-17(10-12-18)24-20(16-8-6-7-15(4)13-16)19(21(25)14(2)3)22(26)23(24)27/h6-14,20,26H,5H2,1-4H3. The van der Waals surface area contributed by atoms with Crippen molar-refractivity contribution in [3.63, 3.8) is 0 Å². The molecule has 146 valence electrons. The highest BCUT2D eigenvalue weighted by Crippen LogP contribution is 2.42. The van der Waals surface area contributed by atoms with Crippen molar-refractivity contribution in [2.75, 3.05) is 11.5 Å². The first-order chi connectivity index (χ1) is 13.3. The Kier molecular flexibility index (Phi) is 5.54. The Labute approximate surface area is 165 Å². The zero-order valence-corrected chi connectivity index (χ0v) is 16.6. The van der Waals surface area contributed by atoms with Crippen LogP contribution in [0.15, 0.2) is 59.9 Å². The van der Waals surface area contributed by atoms with Crippen molar-refractivity contribution in [2.24, 2.45) is 5.92 Å². The minimum absolute atomic E-state index is 0.152. The van der Waals surface area contributed by atoms with Crippen molar-refractivity contribution >= 4 is 17.4 Å². The fraction of sp³-hybridized carbons (Fsp3) is 0.304. The smallest absolute Gasteiger partial charge is 0.294 e. The van der Waals surface area contributed by atoms with Crippen molar-refractivity contribution in [1.82, 2.24) is 0 Å². The molecule has 3 rings (SSSR count). The molecular weight excluding hydrogens is 354 g/mol. The number of benzene rings is 2. The summed E-state index contributed by atoms with van der Waals surface area (Å²) in [5.74, 6) is -0.914. The first-order valence-corrected chi connectivity index (χ1v) is 9.45. The summed E-state index contributed by atoms with van der Waals surface area (Å²) in [5.41, 5.74) is 2.55. The quantitative estimate of drug-likeness (QED) is 0.801. The van der Waals surface area contributed by atoms with E-state index in [-0.39, 0.29) is 17.3 Å². The van der Waals surface area contributed by atoms with Crippen LogP contribution in [0.25, 0.3) is 0 Å². The second-order valence-electron chi connectivity index (χ2n) is 7.20. The molecule has 2 aromatic carbocycles. The Balaban J connectivity index is 2.12. The maximum atomic E-state index is 13.0. The van der Waals surface area contributed by atoms with Gasteiger partial charge in [-0.3, -0.25) is 14.5 Å². The maximum absolute atomic E-state index is 13.0. The van der Waals surface area contributed by atoms with Crippen molar-refractivity contribution in [3.05, 3.63) is 71.0 Å². The second kappa shape index (κ2) is 7.89. The van der Waals surface area contributed by atoms with E-state index in [1.807, 2.05) is 38.1 Å². The number of aliphatic hydroxyl groups is 1. The minimum Gasteiger partial charge on any atom is -0.503 e. The number of rotatable bonds is 6. The van der Waals surface area contributed by atoms with Gasteiger partial charge in [-0.05, 0) is 43.7 Å². The molecule has 1 atom stereocenters. The Morgan fingerprint density at radius 3 is 2.43 bits per heavy atom. The van der Waals surface area contributed by atoms with Gasteiger partial charge in [-0.25, -0.2) is 0 Å². The first-order valence-electron chi connectivity index (χ1n) is 9.45. The molecular formula is C23H25NO4. The molecule has 28 heavy (non-hydrogen) atoms. The summed E-state index contributed by atoms with van der Waals surface area (Å²) < 4.78 is 5.47. The SMILES string of the molecule is CCOc1ccc(N2C(=O)C(O)=C(C(=O)C(C)C)C2c2cccc(C)c2)cc1. The Morgan fingerprint density at radius 2 is 1.86 bits per heavy atom. The van der Waals surface area contributed by atoms with Crippen LogP contribution in [0.2, 0.25) is 0 Å². The normalized spacial score (nSPS) is 16.8. The molecule has 1 aliphatic heterocycles. The van der Waals surface area contributed by atoms with E-state index in [9.17, 15) is 14.7 Å². The Morgan fingerprint density at radius 1 is 1.18 bits per heavy atom. The third-order valence-corrected chi connectivity index (χ3v) is 4.78. The third kappa shape index (κ3) is 3.52. The number of aryl methyl sites for hydroxylation is 1. The van der Waals surface area contributed by atoms with Crippen LogP contribution in [0.4, 0.5) is 5.69 Å². The van der Waals surface area contributed by atoms with Crippen molar-refractivity contribution in [3.8, 4) is 5.75 Å². The summed E-state index contributed by atoms with van der Waals surface area (Å²) in [6.45, 7) is 7.93. The van der Waals surface area contributed by atoms with Gasteiger partial charge in [0.1, 0.15) is 5.75 Å². The molecule has 1 unspecified atom stereocenters. The van der Waals surface area contributed by atoms with E-state index < -0.39 is 17.7 Å². The summed E-state index contributed by atoms with van der Waals surface area (Å²) in [4.78, 5) is 27.3. The number of hydrogen-bond acceptors (Lipinski definition) is 4. The molecule has 0 saturated heterocycles. The monoisotopic (exact) mass is 379 g/mol. The summed E-state index contributed by atoms with van der Waals surface area (Å²) in [6.07, 6.45) is 0. The maximum Gasteiger partial charge on any atom is 0.294 e. The molecule has 1 aliphatic rings. The number of ketones is 1. The zero-order valence-electron chi connectivity index (χ0n) is 16.6. The predicted molar refractivity (Wildman–Crippen MR) is 109 cm³/mol. The van der Waals surface area contributed by atoms with Gasteiger partial charge < -0.3 is 9.84 Å². The summed E-state index contributed by atoms with van der Waals surface area (Å²) >= 11 is 0. The Hall–Kier alpha value is -3.08. The average Bonchev–Trinajstić information content (AvgIpc) is 2.93. The van der Waals surface area contributed by atoms with Gasteiger partial charge >= 0.3 is 0 Å². The van der Waals surface area contributed by atoms with E-state index >= 15 is 0 Å². The fourth-order valence-corrected chi connectivity index (χ4v) is 3.46. The van der Waals surface area contributed by atoms with Gasteiger partial charge in [0.15, 0.2) is 11.5 Å². The highest BCUT2D eigenvalue weighted by molar-refractivity contribution is 6.16. The van der Waals surface area contributed by atoms with Crippen LogP contribution in [0.3, 0.4) is 0 Å². The number of nitrogens with zero attached hydrogens (tertiary/aromatic N) is 1. The van der Waals surface area contributed by atoms with Crippen LogP contribution < -0.4 is 9.64 Å². The van der Waals surface area contributed by atoms with Crippen LogP contribution in [-0.2, 0) is 9.59 Å². The van der Waals surface area contributed by atoms with Gasteiger partial charge in [0.2, 0.25) is 0 Å². The summed E-state index contributed by atoms with van der Waals surface area (Å²) in [6, 6.07) is 14.1. The minimum atomic E-state index is -0.666. The molecule has 0 spiro atoms. The van der Waals surface area contributed by atoms with Gasteiger partial charge in [-0.15, -0.1) is 0 Å². The average molecular weight is 379 g/mol. The lowest BCUT2D eigenvalue weighted by atomic mass is 9.90. The number of Topliss-reactive ketones (excluding diaryl/α,β-unsaturated/α-hetero) is 1. The molecule has 0 aliphatic carbocycles. The number of carbonyl (C=O) groups excluding carboxylic acids is 2. The number of ether oxygens (including phenoxy) is 1. The van der Waals surface area contributed by atoms with Gasteiger partial charge in [-0.1, -0.05) is 43.7 Å².